The number of ether oxygens (including phenoxy) is 1. The minimum absolute atomic E-state index is 0.195. The van der Waals surface area contributed by atoms with Crippen LogP contribution >= 0.6 is 0 Å². The van der Waals surface area contributed by atoms with Gasteiger partial charge in [0.15, 0.2) is 0 Å². The molecule has 1 aromatic carbocycles. The Morgan fingerprint density at radius 3 is 1.83 bits per heavy atom. The first-order valence-corrected chi connectivity index (χ1v) is 12.5. The van der Waals surface area contributed by atoms with E-state index in [2.05, 4.69) is 24.3 Å². The molecule has 8 aliphatic carbocycles. The van der Waals surface area contributed by atoms with Gasteiger partial charge < -0.3 is 9.53 Å². The van der Waals surface area contributed by atoms with Gasteiger partial charge in [-0.15, -0.1) is 0 Å². The van der Waals surface area contributed by atoms with E-state index >= 15 is 0 Å². The predicted molar refractivity (Wildman–Crippen MR) is 108 cm³/mol. The van der Waals surface area contributed by atoms with Gasteiger partial charge in [-0.3, -0.25) is 0 Å². The molecule has 2 heteroatoms. The second kappa shape index (κ2) is 4.63. The third-order valence-corrected chi connectivity index (χ3v) is 12.6. The second-order valence-electron chi connectivity index (χ2n) is 12.3. The maximum atomic E-state index is 13.2. The molecule has 8 saturated carbocycles. The molecule has 150 valence electrons. The molecule has 0 aromatic heterocycles. The Hall–Kier alpha value is -1.31. The van der Waals surface area contributed by atoms with Gasteiger partial charge in [0.25, 0.3) is 0 Å². The van der Waals surface area contributed by atoms with E-state index in [1.165, 1.54) is 32.0 Å². The van der Waals surface area contributed by atoms with E-state index in [1.807, 2.05) is 6.07 Å². The molecular formula is C27H30O2. The first kappa shape index (κ1) is 15.5. The second-order valence-corrected chi connectivity index (χ2v) is 12.3. The molecule has 8 fully saturated rings. The summed E-state index contributed by atoms with van der Waals surface area (Å²) in [5.41, 5.74) is -0.195. The van der Waals surface area contributed by atoms with Crippen molar-refractivity contribution in [1.82, 2.24) is 0 Å². The third kappa shape index (κ3) is 1.35. The zero-order valence-electron chi connectivity index (χ0n) is 16.9. The predicted octanol–water partition coefficient (Wildman–Crippen LogP) is 4.55. The van der Waals surface area contributed by atoms with Crippen LogP contribution in [0.2, 0.25) is 0 Å². The highest BCUT2D eigenvalue weighted by Gasteiger charge is 2.87. The van der Waals surface area contributed by atoms with Crippen molar-refractivity contribution >= 4 is 6.29 Å². The molecule has 3 unspecified atom stereocenters. The highest BCUT2D eigenvalue weighted by molar-refractivity contribution is 5.64. The standard InChI is InChI=1S/C27H30O2/c28-10-27(11-29-12-4-2-1-3-5-12)25-15-8-6-13-17-14-7-9-16-19(14)22-20(17)21(18(13)15)23(25)24(22)26(16)27/h1-5,10,13-26H,6-9,11H2/t13-,14+,15-,16-,17?,18+,19-,20?,21+,22-,23-,24+,25-,26-,27?/m1/s1. The summed E-state index contributed by atoms with van der Waals surface area (Å²) in [5, 5.41) is 0. The van der Waals surface area contributed by atoms with Gasteiger partial charge in [-0.25, -0.2) is 0 Å². The van der Waals surface area contributed by atoms with E-state index < -0.39 is 0 Å². The van der Waals surface area contributed by atoms with E-state index in [-0.39, 0.29) is 5.41 Å². The Balaban J connectivity index is 1.23. The molecule has 2 nitrogen and oxygen atoms in total. The van der Waals surface area contributed by atoms with Crippen molar-refractivity contribution in [3.8, 4) is 5.75 Å². The van der Waals surface area contributed by atoms with Crippen molar-refractivity contribution in [3.63, 3.8) is 0 Å². The van der Waals surface area contributed by atoms with Gasteiger partial charge in [-0.1, -0.05) is 18.2 Å². The molecule has 0 aliphatic heterocycles. The van der Waals surface area contributed by atoms with Crippen LogP contribution in [0, 0.1) is 88.3 Å². The normalized spacial score (nSPS) is 65.1. The summed E-state index contributed by atoms with van der Waals surface area (Å²) in [5.74, 6) is 13.9. The largest absolute Gasteiger partial charge is 0.493 e. The first-order valence-electron chi connectivity index (χ1n) is 12.5. The zero-order chi connectivity index (χ0) is 18.6. The van der Waals surface area contributed by atoms with Crippen molar-refractivity contribution in [2.45, 2.75) is 25.7 Å². The number of aldehydes is 1. The fourth-order valence-corrected chi connectivity index (χ4v) is 13.1. The number of hydrogen-bond acceptors (Lipinski definition) is 2. The Kier molecular flexibility index (Phi) is 2.47. The molecule has 0 N–H and O–H groups in total. The van der Waals surface area contributed by atoms with Crippen LogP contribution in [0.15, 0.2) is 30.3 Å². The van der Waals surface area contributed by atoms with Crippen LogP contribution in [0.3, 0.4) is 0 Å². The summed E-state index contributed by atoms with van der Waals surface area (Å²) < 4.78 is 6.46. The fraction of sp³-hybridized carbons (Fsp3) is 0.741. The maximum Gasteiger partial charge on any atom is 0.130 e. The smallest absolute Gasteiger partial charge is 0.130 e. The molecule has 0 amide bonds. The van der Waals surface area contributed by atoms with E-state index in [0.717, 1.165) is 76.8 Å². The van der Waals surface area contributed by atoms with Crippen LogP contribution in [0.1, 0.15) is 25.7 Å². The highest BCUT2D eigenvalue weighted by atomic mass is 16.5. The van der Waals surface area contributed by atoms with Crippen molar-refractivity contribution in [2.24, 2.45) is 88.3 Å². The lowest BCUT2D eigenvalue weighted by molar-refractivity contribution is -0.126. The number of carbonyl (C=O) groups is 1. The van der Waals surface area contributed by atoms with E-state index in [0.29, 0.717) is 18.4 Å². The molecule has 0 bridgehead atoms. The van der Waals surface area contributed by atoms with Gasteiger partial charge in [0, 0.05) is 0 Å². The van der Waals surface area contributed by atoms with Crippen LogP contribution in [0.25, 0.3) is 0 Å². The number of hydrogen-bond donors (Lipinski definition) is 0. The molecule has 9 rings (SSSR count). The van der Waals surface area contributed by atoms with Gasteiger partial charge in [-0.2, -0.15) is 0 Å². The van der Waals surface area contributed by atoms with Crippen molar-refractivity contribution in [2.75, 3.05) is 6.61 Å². The number of fused-ring (bicyclic) bond motifs is 4. The van der Waals surface area contributed by atoms with Gasteiger partial charge in [0.1, 0.15) is 18.6 Å². The van der Waals surface area contributed by atoms with Gasteiger partial charge in [0.2, 0.25) is 0 Å². The molecule has 1 aromatic rings. The molecule has 15 atom stereocenters. The highest BCUT2D eigenvalue weighted by Crippen LogP contribution is 2.90. The van der Waals surface area contributed by atoms with Crippen LogP contribution < -0.4 is 4.74 Å². The molecule has 29 heavy (non-hydrogen) atoms. The van der Waals surface area contributed by atoms with E-state index in [9.17, 15) is 4.79 Å². The summed E-state index contributed by atoms with van der Waals surface area (Å²) in [6, 6.07) is 10.3. The summed E-state index contributed by atoms with van der Waals surface area (Å²) in [7, 11) is 0. The van der Waals surface area contributed by atoms with Gasteiger partial charge in [-0.05, 0) is 121 Å². The molecule has 8 aliphatic rings. The number of rotatable bonds is 4. The van der Waals surface area contributed by atoms with Gasteiger partial charge >= 0.3 is 0 Å². The Labute approximate surface area is 172 Å². The lowest BCUT2D eigenvalue weighted by Gasteiger charge is -2.41. The fourth-order valence-electron chi connectivity index (χ4n) is 13.1. The Morgan fingerprint density at radius 1 is 0.724 bits per heavy atom. The quantitative estimate of drug-likeness (QED) is 0.710. The number of benzene rings is 1. The molecule has 0 saturated heterocycles. The van der Waals surface area contributed by atoms with Crippen LogP contribution in [0.4, 0.5) is 0 Å². The average molecular weight is 387 g/mol. The first-order chi connectivity index (χ1) is 14.3. The van der Waals surface area contributed by atoms with E-state index in [4.69, 9.17) is 4.74 Å². The summed E-state index contributed by atoms with van der Waals surface area (Å²) >= 11 is 0. The summed E-state index contributed by atoms with van der Waals surface area (Å²) in [6.45, 7) is 0.651. The third-order valence-electron chi connectivity index (χ3n) is 12.6. The SMILES string of the molecule is O=CC1(COc2ccccc2)[C@@H]2[C@@H]3CC[C@@H]4C5C6[C@H]7[C@H]8[C@@H](CC[C@@H]58)[C@@H]1[C@@H]7[C@H]2[C@H]6[C@H]34. The minimum atomic E-state index is -0.195. The molecule has 0 radical (unpaired) electrons. The lowest BCUT2D eigenvalue weighted by Crippen LogP contribution is -2.45. The summed E-state index contributed by atoms with van der Waals surface area (Å²) in [6.07, 6.45) is 7.28. The van der Waals surface area contributed by atoms with Crippen molar-refractivity contribution in [1.29, 1.82) is 0 Å². The maximum absolute atomic E-state index is 13.2. The number of para-hydroxylation sites is 1. The Bertz CT molecular complexity index is 878. The number of carbonyl (C=O) groups excluding carboxylic acids is 1. The zero-order valence-corrected chi connectivity index (χ0v) is 16.9. The van der Waals surface area contributed by atoms with Crippen molar-refractivity contribution < 1.29 is 9.53 Å². The monoisotopic (exact) mass is 386 g/mol. The van der Waals surface area contributed by atoms with Crippen LogP contribution in [0.5, 0.6) is 5.75 Å². The summed E-state index contributed by atoms with van der Waals surface area (Å²) in [4.78, 5) is 13.2. The average Bonchev–Trinajstić information content (AvgIpc) is 3.53. The van der Waals surface area contributed by atoms with Crippen molar-refractivity contribution in [3.05, 3.63) is 30.3 Å². The molecular weight excluding hydrogens is 356 g/mol. The minimum Gasteiger partial charge on any atom is -0.493 e. The van der Waals surface area contributed by atoms with E-state index in [1.54, 1.807) is 0 Å². The molecule has 0 spiro atoms. The van der Waals surface area contributed by atoms with Gasteiger partial charge in [0.05, 0.1) is 5.41 Å². The van der Waals surface area contributed by atoms with Crippen LogP contribution in [-0.2, 0) is 4.79 Å². The van der Waals surface area contributed by atoms with Crippen LogP contribution in [-0.4, -0.2) is 12.9 Å². The Morgan fingerprint density at radius 2 is 1.24 bits per heavy atom. The molecule has 0 heterocycles. The topological polar surface area (TPSA) is 26.3 Å². The lowest BCUT2D eigenvalue weighted by atomic mass is 9.63.